The Morgan fingerprint density at radius 3 is 2.40 bits per heavy atom. The number of hydrogen-bond acceptors (Lipinski definition) is 2. The maximum absolute atomic E-state index is 13.5. The molecule has 2 atom stereocenters. The number of likely N-dealkylation sites (tertiary alicyclic amines) is 1. The normalized spacial score (nSPS) is 25.9. The molecule has 1 aromatic carbocycles. The van der Waals surface area contributed by atoms with Crippen LogP contribution in [0, 0.1) is 11.8 Å². The average Bonchev–Trinajstić information content (AvgIpc) is 3.01. The summed E-state index contributed by atoms with van der Waals surface area (Å²) in [5.41, 5.74) is 0.969. The molecule has 0 bridgehead atoms. The molecule has 0 spiro atoms. The number of hydrogen-bond donors (Lipinski definition) is 1. The van der Waals surface area contributed by atoms with Gasteiger partial charge in [-0.15, -0.1) is 0 Å². The zero-order chi connectivity index (χ0) is 17.9. The molecule has 2 unspecified atom stereocenters. The van der Waals surface area contributed by atoms with E-state index in [-0.39, 0.29) is 19.1 Å². The summed E-state index contributed by atoms with van der Waals surface area (Å²) in [5.74, 6) is -3.02. The van der Waals surface area contributed by atoms with Gasteiger partial charge < -0.3 is 5.32 Å². The SMILES string of the molecule is O=C(NC1CCCCC1)C1CN(Cc2ccccc2)CC1C(F)(F)F. The van der Waals surface area contributed by atoms with E-state index in [1.807, 2.05) is 30.3 Å². The summed E-state index contributed by atoms with van der Waals surface area (Å²) in [6.45, 7) is 0.499. The van der Waals surface area contributed by atoms with Crippen LogP contribution >= 0.6 is 0 Å². The van der Waals surface area contributed by atoms with Crippen LogP contribution in [0.3, 0.4) is 0 Å². The summed E-state index contributed by atoms with van der Waals surface area (Å²) in [5, 5.41) is 2.88. The van der Waals surface area contributed by atoms with E-state index < -0.39 is 23.9 Å². The molecular formula is C19H25F3N2O. The number of benzene rings is 1. The average molecular weight is 354 g/mol. The van der Waals surface area contributed by atoms with E-state index in [1.54, 1.807) is 4.90 Å². The second kappa shape index (κ2) is 7.77. The maximum atomic E-state index is 13.5. The molecule has 2 aliphatic rings. The van der Waals surface area contributed by atoms with Crippen molar-refractivity contribution in [3.63, 3.8) is 0 Å². The van der Waals surface area contributed by atoms with Gasteiger partial charge in [0.2, 0.25) is 5.91 Å². The number of carbonyl (C=O) groups is 1. The van der Waals surface area contributed by atoms with Crippen LogP contribution in [0.15, 0.2) is 30.3 Å². The molecule has 1 aliphatic carbocycles. The van der Waals surface area contributed by atoms with E-state index in [9.17, 15) is 18.0 Å². The topological polar surface area (TPSA) is 32.3 Å². The smallest absolute Gasteiger partial charge is 0.353 e. The second-order valence-corrected chi connectivity index (χ2v) is 7.28. The number of rotatable bonds is 4. The highest BCUT2D eigenvalue weighted by atomic mass is 19.4. The number of alkyl halides is 3. The molecule has 1 amide bonds. The Bertz CT molecular complexity index is 570. The van der Waals surface area contributed by atoms with Crippen LogP contribution in [0.25, 0.3) is 0 Å². The summed E-state index contributed by atoms with van der Waals surface area (Å²) >= 11 is 0. The van der Waals surface area contributed by atoms with Crippen molar-refractivity contribution in [2.45, 2.75) is 50.9 Å². The van der Waals surface area contributed by atoms with Crippen LogP contribution in [0.1, 0.15) is 37.7 Å². The standard InChI is InChI=1S/C19H25F3N2O/c20-19(21,22)17-13-24(11-14-7-3-1-4-8-14)12-16(17)18(25)23-15-9-5-2-6-10-15/h1,3-4,7-8,15-17H,2,5-6,9-13H2,(H,23,25). The lowest BCUT2D eigenvalue weighted by atomic mass is 9.92. The molecule has 25 heavy (non-hydrogen) atoms. The van der Waals surface area contributed by atoms with Crippen LogP contribution in [0.5, 0.6) is 0 Å². The van der Waals surface area contributed by atoms with Gasteiger partial charge in [0.25, 0.3) is 0 Å². The molecule has 0 radical (unpaired) electrons. The van der Waals surface area contributed by atoms with E-state index >= 15 is 0 Å². The van der Waals surface area contributed by atoms with Crippen molar-refractivity contribution >= 4 is 5.91 Å². The molecule has 138 valence electrons. The minimum atomic E-state index is -4.35. The molecule has 1 saturated carbocycles. The van der Waals surface area contributed by atoms with Crippen LogP contribution < -0.4 is 5.32 Å². The second-order valence-electron chi connectivity index (χ2n) is 7.28. The van der Waals surface area contributed by atoms with Crippen LogP contribution in [0.4, 0.5) is 13.2 Å². The Morgan fingerprint density at radius 2 is 1.76 bits per heavy atom. The van der Waals surface area contributed by atoms with Gasteiger partial charge in [-0.2, -0.15) is 13.2 Å². The molecule has 0 aromatic heterocycles. The Kier molecular flexibility index (Phi) is 5.67. The first-order valence-electron chi connectivity index (χ1n) is 9.07. The largest absolute Gasteiger partial charge is 0.393 e. The van der Waals surface area contributed by atoms with Crippen molar-refractivity contribution in [3.8, 4) is 0 Å². The predicted octanol–water partition coefficient (Wildman–Crippen LogP) is 3.75. The van der Waals surface area contributed by atoms with Crippen molar-refractivity contribution in [1.29, 1.82) is 0 Å². The third kappa shape index (κ3) is 4.75. The highest BCUT2D eigenvalue weighted by molar-refractivity contribution is 5.80. The number of halogens is 3. The first-order valence-corrected chi connectivity index (χ1v) is 9.07. The zero-order valence-electron chi connectivity index (χ0n) is 14.3. The van der Waals surface area contributed by atoms with Gasteiger partial charge in [-0.05, 0) is 18.4 Å². The molecule has 2 fully saturated rings. The number of nitrogens with one attached hydrogen (secondary N) is 1. The lowest BCUT2D eigenvalue weighted by Crippen LogP contribution is -2.44. The molecule has 1 heterocycles. The lowest BCUT2D eigenvalue weighted by Gasteiger charge is -2.26. The fourth-order valence-electron chi connectivity index (χ4n) is 4.01. The zero-order valence-corrected chi connectivity index (χ0v) is 14.3. The van der Waals surface area contributed by atoms with Gasteiger partial charge in [0.15, 0.2) is 0 Å². The van der Waals surface area contributed by atoms with Crippen LogP contribution in [0.2, 0.25) is 0 Å². The van der Waals surface area contributed by atoms with Gasteiger partial charge in [0.05, 0.1) is 11.8 Å². The lowest BCUT2D eigenvalue weighted by molar-refractivity contribution is -0.183. The molecular weight excluding hydrogens is 329 g/mol. The first kappa shape index (κ1) is 18.2. The van der Waals surface area contributed by atoms with Gasteiger partial charge >= 0.3 is 6.18 Å². The fraction of sp³-hybridized carbons (Fsp3) is 0.632. The van der Waals surface area contributed by atoms with Crippen molar-refractivity contribution in [3.05, 3.63) is 35.9 Å². The molecule has 3 nitrogen and oxygen atoms in total. The van der Waals surface area contributed by atoms with Crippen molar-refractivity contribution in [2.24, 2.45) is 11.8 Å². The summed E-state index contributed by atoms with van der Waals surface area (Å²) in [4.78, 5) is 14.3. The summed E-state index contributed by atoms with van der Waals surface area (Å²) in [6, 6.07) is 9.47. The van der Waals surface area contributed by atoms with E-state index in [4.69, 9.17) is 0 Å². The number of carbonyl (C=O) groups excluding carboxylic acids is 1. The van der Waals surface area contributed by atoms with Crippen molar-refractivity contribution < 1.29 is 18.0 Å². The summed E-state index contributed by atoms with van der Waals surface area (Å²) in [7, 11) is 0. The van der Waals surface area contributed by atoms with Crippen molar-refractivity contribution in [2.75, 3.05) is 13.1 Å². The van der Waals surface area contributed by atoms with E-state index in [0.717, 1.165) is 37.7 Å². The summed E-state index contributed by atoms with van der Waals surface area (Å²) < 4.78 is 40.4. The monoisotopic (exact) mass is 354 g/mol. The highest BCUT2D eigenvalue weighted by Crippen LogP contribution is 2.38. The number of amides is 1. The number of nitrogens with zero attached hydrogens (tertiary/aromatic N) is 1. The van der Waals surface area contributed by atoms with Gasteiger partial charge in [-0.25, -0.2) is 0 Å². The Hall–Kier alpha value is -1.56. The van der Waals surface area contributed by atoms with E-state index in [1.165, 1.54) is 0 Å². The quantitative estimate of drug-likeness (QED) is 0.893. The minimum absolute atomic E-state index is 0.0401. The Morgan fingerprint density at radius 1 is 1.08 bits per heavy atom. The maximum Gasteiger partial charge on any atom is 0.393 e. The highest BCUT2D eigenvalue weighted by Gasteiger charge is 2.52. The van der Waals surface area contributed by atoms with Crippen molar-refractivity contribution in [1.82, 2.24) is 10.2 Å². The van der Waals surface area contributed by atoms with Gasteiger partial charge in [0, 0.05) is 25.7 Å². The Balaban J connectivity index is 1.66. The summed E-state index contributed by atoms with van der Waals surface area (Å²) in [6.07, 6.45) is 0.633. The van der Waals surface area contributed by atoms with E-state index in [2.05, 4.69) is 5.32 Å². The predicted molar refractivity (Wildman–Crippen MR) is 89.8 cm³/mol. The minimum Gasteiger partial charge on any atom is -0.353 e. The van der Waals surface area contributed by atoms with Gasteiger partial charge in [0.1, 0.15) is 0 Å². The molecule has 3 rings (SSSR count). The Labute approximate surface area is 146 Å². The molecule has 1 N–H and O–H groups in total. The molecule has 6 heteroatoms. The molecule has 1 aliphatic heterocycles. The first-order chi connectivity index (χ1) is 11.9. The van der Waals surface area contributed by atoms with Gasteiger partial charge in [-0.3, -0.25) is 9.69 Å². The van der Waals surface area contributed by atoms with Crippen LogP contribution in [-0.2, 0) is 11.3 Å². The third-order valence-corrected chi connectivity index (χ3v) is 5.35. The molecule has 1 saturated heterocycles. The third-order valence-electron chi connectivity index (χ3n) is 5.35. The van der Waals surface area contributed by atoms with E-state index in [0.29, 0.717) is 6.54 Å². The molecule has 1 aromatic rings. The van der Waals surface area contributed by atoms with Crippen LogP contribution in [-0.4, -0.2) is 36.1 Å². The van der Waals surface area contributed by atoms with Gasteiger partial charge in [-0.1, -0.05) is 49.6 Å². The fourth-order valence-corrected chi connectivity index (χ4v) is 4.01.